The van der Waals surface area contributed by atoms with Gasteiger partial charge in [-0.25, -0.2) is 4.79 Å². The number of anilines is 1. The highest BCUT2D eigenvalue weighted by atomic mass is 35.5. The van der Waals surface area contributed by atoms with Gasteiger partial charge in [0.1, 0.15) is 0 Å². The van der Waals surface area contributed by atoms with E-state index in [-0.39, 0.29) is 30.4 Å². The van der Waals surface area contributed by atoms with Crippen LogP contribution in [-0.4, -0.2) is 61.5 Å². The van der Waals surface area contributed by atoms with Gasteiger partial charge in [0.2, 0.25) is 0 Å². The van der Waals surface area contributed by atoms with Crippen molar-refractivity contribution in [2.45, 2.75) is 13.0 Å². The van der Waals surface area contributed by atoms with Crippen LogP contribution < -0.4 is 10.6 Å². The van der Waals surface area contributed by atoms with E-state index >= 15 is 0 Å². The first kappa shape index (κ1) is 19.5. The molecule has 2 rings (SSSR count). The minimum Gasteiger partial charge on any atom is -0.345 e. The Balaban J connectivity index is 0.00000264. The SMILES string of the molecule is C[C@@H]1CNCCN1C(=O)Nc1ccc(C(=O)N(C)C)c(Cl)c1.Cl. The summed E-state index contributed by atoms with van der Waals surface area (Å²) in [6, 6.07) is 4.90. The van der Waals surface area contributed by atoms with Crippen molar-refractivity contribution in [3.05, 3.63) is 28.8 Å². The molecule has 0 unspecified atom stereocenters. The van der Waals surface area contributed by atoms with E-state index in [4.69, 9.17) is 11.6 Å². The summed E-state index contributed by atoms with van der Waals surface area (Å²) in [6.07, 6.45) is 0. The third kappa shape index (κ3) is 4.73. The zero-order chi connectivity index (χ0) is 16.3. The zero-order valence-electron chi connectivity index (χ0n) is 13.4. The molecule has 3 amide bonds. The van der Waals surface area contributed by atoms with Gasteiger partial charge in [-0.05, 0) is 25.1 Å². The molecule has 0 spiro atoms. The van der Waals surface area contributed by atoms with Gasteiger partial charge in [-0.2, -0.15) is 0 Å². The van der Waals surface area contributed by atoms with Crippen LogP contribution in [0.15, 0.2) is 18.2 Å². The van der Waals surface area contributed by atoms with Gasteiger partial charge in [0.25, 0.3) is 5.91 Å². The minimum atomic E-state index is -0.168. The molecule has 1 fully saturated rings. The summed E-state index contributed by atoms with van der Waals surface area (Å²) in [4.78, 5) is 27.5. The molecule has 2 N–H and O–H groups in total. The van der Waals surface area contributed by atoms with Crippen molar-refractivity contribution >= 4 is 41.6 Å². The van der Waals surface area contributed by atoms with E-state index in [9.17, 15) is 9.59 Å². The summed E-state index contributed by atoms with van der Waals surface area (Å²) < 4.78 is 0. The summed E-state index contributed by atoms with van der Waals surface area (Å²) in [6.45, 7) is 4.23. The van der Waals surface area contributed by atoms with Gasteiger partial charge in [-0.3, -0.25) is 4.79 Å². The lowest BCUT2D eigenvalue weighted by Crippen LogP contribution is -2.53. The van der Waals surface area contributed by atoms with Crippen molar-refractivity contribution in [1.82, 2.24) is 15.1 Å². The maximum Gasteiger partial charge on any atom is 0.322 e. The van der Waals surface area contributed by atoms with Crippen molar-refractivity contribution in [3.63, 3.8) is 0 Å². The Bertz CT molecular complexity index is 581. The molecule has 1 heterocycles. The number of rotatable bonds is 2. The molecular weight excluding hydrogens is 339 g/mol. The molecule has 1 aliphatic rings. The van der Waals surface area contributed by atoms with E-state index in [1.165, 1.54) is 4.90 Å². The van der Waals surface area contributed by atoms with Crippen molar-refractivity contribution in [1.29, 1.82) is 0 Å². The van der Waals surface area contributed by atoms with Crippen LogP contribution in [0.4, 0.5) is 10.5 Å². The molecule has 1 saturated heterocycles. The lowest BCUT2D eigenvalue weighted by Gasteiger charge is -2.33. The molecule has 1 atom stereocenters. The number of hydrogen-bond donors (Lipinski definition) is 2. The van der Waals surface area contributed by atoms with E-state index < -0.39 is 0 Å². The number of hydrogen-bond acceptors (Lipinski definition) is 3. The number of nitrogens with zero attached hydrogens (tertiary/aromatic N) is 2. The van der Waals surface area contributed by atoms with Gasteiger partial charge < -0.3 is 20.4 Å². The van der Waals surface area contributed by atoms with Crippen molar-refractivity contribution in [2.75, 3.05) is 39.0 Å². The molecule has 0 radical (unpaired) electrons. The van der Waals surface area contributed by atoms with Crippen molar-refractivity contribution in [2.24, 2.45) is 0 Å². The number of benzene rings is 1. The summed E-state index contributed by atoms with van der Waals surface area (Å²) >= 11 is 6.14. The standard InChI is InChI=1S/C15H21ClN4O2.ClH/c1-10-9-17-6-7-20(10)15(22)18-11-4-5-12(13(16)8-11)14(21)19(2)3;/h4-5,8,10,17H,6-7,9H2,1-3H3,(H,18,22);1H/t10-;/m1./s1. The highest BCUT2D eigenvalue weighted by molar-refractivity contribution is 6.34. The maximum atomic E-state index is 12.3. The van der Waals surface area contributed by atoms with Crippen LogP contribution in [0.5, 0.6) is 0 Å². The highest BCUT2D eigenvalue weighted by Gasteiger charge is 2.23. The van der Waals surface area contributed by atoms with Crippen LogP contribution in [0.1, 0.15) is 17.3 Å². The topological polar surface area (TPSA) is 64.7 Å². The Labute approximate surface area is 147 Å². The molecule has 23 heavy (non-hydrogen) atoms. The highest BCUT2D eigenvalue weighted by Crippen LogP contribution is 2.22. The molecule has 1 aromatic rings. The molecule has 6 nitrogen and oxygen atoms in total. The fourth-order valence-corrected chi connectivity index (χ4v) is 2.61. The monoisotopic (exact) mass is 360 g/mol. The number of carbonyl (C=O) groups excluding carboxylic acids is 2. The first-order valence-electron chi connectivity index (χ1n) is 7.19. The lowest BCUT2D eigenvalue weighted by molar-refractivity contribution is 0.0828. The number of carbonyl (C=O) groups is 2. The number of nitrogens with one attached hydrogen (secondary N) is 2. The van der Waals surface area contributed by atoms with Crippen LogP contribution in [0.25, 0.3) is 0 Å². The zero-order valence-corrected chi connectivity index (χ0v) is 15.0. The Hall–Kier alpha value is -1.50. The molecule has 0 bridgehead atoms. The van der Waals surface area contributed by atoms with E-state index in [1.807, 2.05) is 6.92 Å². The normalized spacial score (nSPS) is 17.2. The van der Waals surface area contributed by atoms with Gasteiger partial charge >= 0.3 is 6.03 Å². The van der Waals surface area contributed by atoms with E-state index in [2.05, 4.69) is 10.6 Å². The Morgan fingerprint density at radius 1 is 1.39 bits per heavy atom. The van der Waals surface area contributed by atoms with E-state index in [0.29, 0.717) is 22.8 Å². The van der Waals surface area contributed by atoms with Crippen LogP contribution in [0.2, 0.25) is 5.02 Å². The second kappa shape index (κ2) is 8.38. The van der Waals surface area contributed by atoms with Gasteiger partial charge in [0, 0.05) is 45.5 Å². The van der Waals surface area contributed by atoms with Gasteiger partial charge in [-0.15, -0.1) is 12.4 Å². The molecule has 0 aromatic heterocycles. The fraction of sp³-hybridized carbons (Fsp3) is 0.467. The average Bonchev–Trinajstić information content (AvgIpc) is 2.47. The number of amides is 3. The van der Waals surface area contributed by atoms with Crippen LogP contribution in [0, 0.1) is 0 Å². The molecular formula is C15H22Cl2N4O2. The smallest absolute Gasteiger partial charge is 0.322 e. The number of urea groups is 1. The Kier molecular flexibility index (Phi) is 7.12. The Morgan fingerprint density at radius 3 is 2.65 bits per heavy atom. The maximum absolute atomic E-state index is 12.3. The number of halogens is 2. The van der Waals surface area contributed by atoms with Crippen molar-refractivity contribution < 1.29 is 9.59 Å². The van der Waals surface area contributed by atoms with Gasteiger partial charge in [0.05, 0.1) is 10.6 Å². The predicted octanol–water partition coefficient (Wildman–Crippen LogP) is 2.29. The van der Waals surface area contributed by atoms with Crippen LogP contribution >= 0.6 is 24.0 Å². The first-order valence-corrected chi connectivity index (χ1v) is 7.57. The molecule has 1 aliphatic heterocycles. The van der Waals surface area contributed by atoms with Gasteiger partial charge in [-0.1, -0.05) is 11.6 Å². The van der Waals surface area contributed by atoms with Crippen LogP contribution in [0.3, 0.4) is 0 Å². The molecule has 1 aromatic carbocycles. The third-order valence-electron chi connectivity index (χ3n) is 3.62. The fourth-order valence-electron chi connectivity index (χ4n) is 2.35. The summed E-state index contributed by atoms with van der Waals surface area (Å²) in [5.74, 6) is -0.168. The summed E-state index contributed by atoms with van der Waals surface area (Å²) in [5, 5.41) is 6.39. The quantitative estimate of drug-likeness (QED) is 0.850. The van der Waals surface area contributed by atoms with E-state index in [1.54, 1.807) is 37.2 Å². The predicted molar refractivity (Wildman–Crippen MR) is 94.8 cm³/mol. The molecule has 128 valence electrons. The second-order valence-electron chi connectivity index (χ2n) is 5.57. The van der Waals surface area contributed by atoms with Crippen molar-refractivity contribution in [3.8, 4) is 0 Å². The third-order valence-corrected chi connectivity index (χ3v) is 3.93. The summed E-state index contributed by atoms with van der Waals surface area (Å²) in [5.41, 5.74) is 0.997. The molecule has 8 heteroatoms. The average molecular weight is 361 g/mol. The lowest BCUT2D eigenvalue weighted by atomic mass is 10.2. The second-order valence-corrected chi connectivity index (χ2v) is 5.98. The minimum absolute atomic E-state index is 0. The number of piperazine rings is 1. The molecule has 0 saturated carbocycles. The van der Waals surface area contributed by atoms with Crippen LogP contribution in [-0.2, 0) is 0 Å². The molecule has 0 aliphatic carbocycles. The van der Waals surface area contributed by atoms with E-state index in [0.717, 1.165) is 13.1 Å². The summed E-state index contributed by atoms with van der Waals surface area (Å²) in [7, 11) is 3.33. The Morgan fingerprint density at radius 2 is 2.09 bits per heavy atom. The largest absolute Gasteiger partial charge is 0.345 e. The first-order chi connectivity index (χ1) is 10.4. The van der Waals surface area contributed by atoms with Gasteiger partial charge in [0.15, 0.2) is 0 Å².